The normalized spacial score (nSPS) is 14.5. The van der Waals surface area contributed by atoms with Gasteiger partial charge in [-0.1, -0.05) is 286 Å². The van der Waals surface area contributed by atoms with Gasteiger partial charge in [-0.3, -0.25) is 37.3 Å². The molecule has 0 aromatic carbocycles. The lowest BCUT2D eigenvalue weighted by Gasteiger charge is -2.21. The minimum absolute atomic E-state index is 0.106. The minimum atomic E-state index is -4.95. The maximum Gasteiger partial charge on any atom is 0.472 e. The number of rotatable bonds is 66. The highest BCUT2D eigenvalue weighted by Gasteiger charge is 2.30. The van der Waals surface area contributed by atoms with E-state index in [2.05, 4.69) is 41.5 Å². The van der Waals surface area contributed by atoms with Crippen LogP contribution in [0.2, 0.25) is 0 Å². The van der Waals surface area contributed by atoms with Gasteiger partial charge in [-0.15, -0.1) is 0 Å². The summed E-state index contributed by atoms with van der Waals surface area (Å²) < 4.78 is 68.1. The quantitative estimate of drug-likeness (QED) is 0.0222. The molecule has 0 aliphatic carbocycles. The van der Waals surface area contributed by atoms with Gasteiger partial charge in [-0.05, 0) is 37.5 Å². The Labute approximate surface area is 524 Å². The topological polar surface area (TPSA) is 237 Å². The molecule has 0 aromatic heterocycles. The van der Waals surface area contributed by atoms with Gasteiger partial charge in [-0.25, -0.2) is 9.13 Å². The van der Waals surface area contributed by atoms with Crippen molar-refractivity contribution in [2.24, 2.45) is 11.8 Å². The van der Waals surface area contributed by atoms with Gasteiger partial charge >= 0.3 is 39.5 Å². The van der Waals surface area contributed by atoms with Gasteiger partial charge in [0.05, 0.1) is 26.4 Å². The molecule has 0 bridgehead atoms. The van der Waals surface area contributed by atoms with Crippen LogP contribution in [-0.4, -0.2) is 96.7 Å². The highest BCUT2D eigenvalue weighted by atomic mass is 31.2. The van der Waals surface area contributed by atoms with Crippen molar-refractivity contribution in [2.75, 3.05) is 39.6 Å². The Morgan fingerprint density at radius 2 is 0.593 bits per heavy atom. The van der Waals surface area contributed by atoms with Crippen LogP contribution >= 0.6 is 15.6 Å². The fourth-order valence-electron chi connectivity index (χ4n) is 10.0. The number of hydrogen-bond acceptors (Lipinski definition) is 15. The van der Waals surface area contributed by atoms with Gasteiger partial charge in [0.15, 0.2) is 12.2 Å². The second-order valence-corrected chi connectivity index (χ2v) is 27.8. The summed E-state index contributed by atoms with van der Waals surface area (Å²) in [5.74, 6) is -0.646. The van der Waals surface area contributed by atoms with Crippen molar-refractivity contribution in [1.82, 2.24) is 0 Å². The Kier molecular flexibility index (Phi) is 58.0. The van der Waals surface area contributed by atoms with Gasteiger partial charge < -0.3 is 33.8 Å². The maximum absolute atomic E-state index is 13.0. The fourth-order valence-corrected chi connectivity index (χ4v) is 11.6. The van der Waals surface area contributed by atoms with E-state index in [9.17, 15) is 43.2 Å². The van der Waals surface area contributed by atoms with E-state index in [-0.39, 0.29) is 25.7 Å². The lowest BCUT2D eigenvalue weighted by atomic mass is 9.99. The van der Waals surface area contributed by atoms with E-state index in [0.29, 0.717) is 31.6 Å². The molecular formula is C67H130O17P2. The minimum Gasteiger partial charge on any atom is -0.462 e. The van der Waals surface area contributed by atoms with E-state index in [1.54, 1.807) is 0 Å². The molecule has 0 fully saturated rings. The molecule has 0 amide bonds. The largest absolute Gasteiger partial charge is 0.472 e. The summed E-state index contributed by atoms with van der Waals surface area (Å²) in [5.41, 5.74) is 0. The highest BCUT2D eigenvalue weighted by molar-refractivity contribution is 7.47. The molecule has 510 valence electrons. The average Bonchev–Trinajstić information content (AvgIpc) is 3.69. The Bertz CT molecular complexity index is 1690. The van der Waals surface area contributed by atoms with E-state index in [1.165, 1.54) is 148 Å². The van der Waals surface area contributed by atoms with Crippen LogP contribution in [0.4, 0.5) is 0 Å². The van der Waals surface area contributed by atoms with Crippen molar-refractivity contribution in [1.29, 1.82) is 0 Å². The number of aliphatic hydroxyl groups is 1. The van der Waals surface area contributed by atoms with Crippen LogP contribution in [0.1, 0.15) is 337 Å². The molecule has 0 rings (SSSR count). The van der Waals surface area contributed by atoms with Crippen molar-refractivity contribution >= 4 is 39.5 Å². The summed E-state index contributed by atoms with van der Waals surface area (Å²) in [5, 5.41) is 10.6. The van der Waals surface area contributed by atoms with Crippen LogP contribution in [-0.2, 0) is 65.4 Å². The Morgan fingerprint density at radius 3 is 0.884 bits per heavy atom. The van der Waals surface area contributed by atoms with Crippen molar-refractivity contribution in [3.05, 3.63) is 0 Å². The van der Waals surface area contributed by atoms with Crippen LogP contribution in [0.5, 0.6) is 0 Å². The third kappa shape index (κ3) is 59.7. The number of ether oxygens (including phenoxy) is 4. The molecule has 0 aliphatic rings. The zero-order valence-corrected chi connectivity index (χ0v) is 57.4. The molecule has 0 saturated heterocycles. The molecule has 19 heteroatoms. The molecule has 86 heavy (non-hydrogen) atoms. The Hall–Kier alpha value is -1.94. The first kappa shape index (κ1) is 84.1. The third-order valence-electron chi connectivity index (χ3n) is 15.8. The molecule has 0 spiro atoms. The number of carbonyl (C=O) groups is 4. The van der Waals surface area contributed by atoms with Crippen molar-refractivity contribution in [3.8, 4) is 0 Å². The average molecular weight is 1270 g/mol. The number of unbranched alkanes of at least 4 members (excludes halogenated alkanes) is 35. The Balaban J connectivity index is 5.25. The first-order valence-corrected chi connectivity index (χ1v) is 38.0. The van der Waals surface area contributed by atoms with Crippen LogP contribution in [0, 0.1) is 11.8 Å². The van der Waals surface area contributed by atoms with Gasteiger partial charge in [0, 0.05) is 25.7 Å². The Morgan fingerprint density at radius 1 is 0.337 bits per heavy atom. The number of esters is 4. The molecule has 0 aliphatic heterocycles. The van der Waals surface area contributed by atoms with Crippen molar-refractivity contribution in [2.45, 2.75) is 355 Å². The smallest absolute Gasteiger partial charge is 0.462 e. The molecule has 17 nitrogen and oxygen atoms in total. The lowest BCUT2D eigenvalue weighted by Crippen LogP contribution is -2.30. The first-order chi connectivity index (χ1) is 41.4. The predicted octanol–water partition coefficient (Wildman–Crippen LogP) is 18.8. The standard InChI is InChI=1S/C67H130O17P2/c1-7-10-12-14-16-18-20-22-26-30-37-43-49-64(69)77-55-62(83-67(72)52-46-40-32-28-24-23-25-29-36-42-48-60(6)9-3)57-81-85(73,74)79-53-61(68)54-80-86(75,76)82-58-63(56-78-65(70)50-44-38-34-33-35-41-47-59(4)5)84-66(71)51-45-39-31-27-21-19-17-15-13-11-8-2/h59-63,68H,7-58H2,1-6H3,(H,73,74)(H,75,76)/t60?,61-,62-,63-/m1/s1. The van der Waals surface area contributed by atoms with E-state index in [1.807, 2.05) is 0 Å². The lowest BCUT2D eigenvalue weighted by molar-refractivity contribution is -0.161. The molecule has 0 aromatic rings. The highest BCUT2D eigenvalue weighted by Crippen LogP contribution is 2.45. The molecular weight excluding hydrogens is 1140 g/mol. The third-order valence-corrected chi connectivity index (χ3v) is 17.7. The van der Waals surface area contributed by atoms with E-state index in [0.717, 1.165) is 102 Å². The van der Waals surface area contributed by atoms with E-state index >= 15 is 0 Å². The SMILES string of the molecule is CCCCCCCCCCCCCCC(=O)OC[C@H](COP(=O)(O)OC[C@@H](O)COP(=O)(O)OC[C@@H](COC(=O)CCCCCCCCC(C)C)OC(=O)CCCCCCCCCCCCC)OC(=O)CCCCCCCCCCCCC(C)CC. The van der Waals surface area contributed by atoms with Crippen molar-refractivity contribution in [3.63, 3.8) is 0 Å². The summed E-state index contributed by atoms with van der Waals surface area (Å²) >= 11 is 0. The summed E-state index contributed by atoms with van der Waals surface area (Å²) in [6.07, 6.45) is 43.0. The zero-order valence-electron chi connectivity index (χ0n) is 55.6. The second-order valence-electron chi connectivity index (χ2n) is 24.9. The maximum atomic E-state index is 13.0. The predicted molar refractivity (Wildman–Crippen MR) is 345 cm³/mol. The molecule has 0 radical (unpaired) electrons. The van der Waals surface area contributed by atoms with Gasteiger partial charge in [-0.2, -0.15) is 0 Å². The van der Waals surface area contributed by atoms with Crippen LogP contribution in [0.15, 0.2) is 0 Å². The molecule has 0 saturated carbocycles. The number of hydrogen-bond donors (Lipinski definition) is 3. The van der Waals surface area contributed by atoms with E-state index in [4.69, 9.17) is 37.0 Å². The number of phosphoric acid groups is 2. The van der Waals surface area contributed by atoms with E-state index < -0.39 is 97.5 Å². The second kappa shape index (κ2) is 59.4. The zero-order chi connectivity index (χ0) is 63.6. The molecule has 3 unspecified atom stereocenters. The van der Waals surface area contributed by atoms with Crippen LogP contribution in [0.3, 0.4) is 0 Å². The van der Waals surface area contributed by atoms with Gasteiger partial charge in [0.25, 0.3) is 0 Å². The molecule has 0 heterocycles. The number of carbonyl (C=O) groups excluding carboxylic acids is 4. The van der Waals surface area contributed by atoms with Crippen LogP contribution in [0.25, 0.3) is 0 Å². The first-order valence-electron chi connectivity index (χ1n) is 35.0. The summed E-state index contributed by atoms with van der Waals surface area (Å²) in [6.45, 7) is 9.46. The van der Waals surface area contributed by atoms with Crippen molar-refractivity contribution < 1.29 is 80.2 Å². The number of aliphatic hydroxyl groups excluding tert-OH is 1. The fraction of sp³-hybridized carbons (Fsp3) is 0.940. The summed E-state index contributed by atoms with van der Waals surface area (Å²) in [7, 11) is -9.89. The summed E-state index contributed by atoms with van der Waals surface area (Å²) in [6, 6.07) is 0. The molecule has 6 atom stereocenters. The monoisotopic (exact) mass is 1270 g/mol. The van der Waals surface area contributed by atoms with Gasteiger partial charge in [0.2, 0.25) is 0 Å². The van der Waals surface area contributed by atoms with Crippen LogP contribution < -0.4 is 0 Å². The number of phosphoric ester groups is 2. The summed E-state index contributed by atoms with van der Waals surface area (Å²) in [4.78, 5) is 72.3. The molecule has 3 N–H and O–H groups in total. The van der Waals surface area contributed by atoms with Gasteiger partial charge in [0.1, 0.15) is 19.3 Å².